The number of rotatable bonds is 6. The summed E-state index contributed by atoms with van der Waals surface area (Å²) in [5, 5.41) is 0. The normalized spacial score (nSPS) is 12.5. The molecule has 1 aromatic rings. The van der Waals surface area contributed by atoms with Gasteiger partial charge < -0.3 is 5.73 Å². The van der Waals surface area contributed by atoms with Gasteiger partial charge in [0.15, 0.2) is 0 Å². The van der Waals surface area contributed by atoms with E-state index in [9.17, 15) is 21.2 Å². The van der Waals surface area contributed by atoms with Gasteiger partial charge in [-0.05, 0) is 18.2 Å². The maximum Gasteiger partial charge on any atom is 0.243 e. The molecule has 108 valence electrons. The van der Waals surface area contributed by atoms with Crippen molar-refractivity contribution in [3.63, 3.8) is 0 Å². The Labute approximate surface area is 111 Å². The molecule has 0 aromatic heterocycles. The van der Waals surface area contributed by atoms with Crippen LogP contribution in [0.2, 0.25) is 0 Å². The highest BCUT2D eigenvalue weighted by atomic mass is 32.2. The first-order valence-electron chi connectivity index (χ1n) is 5.11. The maximum absolute atomic E-state index is 13.4. The highest BCUT2D eigenvalue weighted by Gasteiger charge is 2.18. The molecule has 1 rings (SSSR count). The molecule has 0 amide bonds. The van der Waals surface area contributed by atoms with Gasteiger partial charge in [0, 0.05) is 18.8 Å². The topological polar surface area (TPSA) is 118 Å². The number of nitrogen functional groups attached to an aromatic ring is 1. The van der Waals surface area contributed by atoms with Crippen LogP contribution in [0.5, 0.6) is 0 Å². The van der Waals surface area contributed by atoms with E-state index in [-0.39, 0.29) is 18.8 Å². The zero-order chi connectivity index (χ0) is 14.7. The molecule has 7 nitrogen and oxygen atoms in total. The van der Waals surface area contributed by atoms with Gasteiger partial charge in [0.25, 0.3) is 0 Å². The second-order valence-corrected chi connectivity index (χ2v) is 7.32. The summed E-state index contributed by atoms with van der Waals surface area (Å²) in [6.07, 6.45) is 0.946. The fraction of sp³-hybridized carbons (Fsp3) is 0.333. The minimum atomic E-state index is -4.04. The van der Waals surface area contributed by atoms with Crippen LogP contribution in [0.1, 0.15) is 0 Å². The number of halogens is 1. The summed E-state index contributed by atoms with van der Waals surface area (Å²) < 4.78 is 62.6. The molecule has 0 bridgehead atoms. The molecule has 0 unspecified atom stereocenters. The Bertz CT molecular complexity index is 658. The summed E-state index contributed by atoms with van der Waals surface area (Å²) in [7, 11) is -7.44. The molecule has 0 aliphatic carbocycles. The van der Waals surface area contributed by atoms with E-state index < -0.39 is 30.8 Å². The van der Waals surface area contributed by atoms with Crippen molar-refractivity contribution in [1.82, 2.24) is 9.44 Å². The van der Waals surface area contributed by atoms with Crippen LogP contribution in [-0.4, -0.2) is 36.2 Å². The molecular weight excluding hydrogens is 297 g/mol. The van der Waals surface area contributed by atoms with Crippen molar-refractivity contribution < 1.29 is 21.2 Å². The van der Waals surface area contributed by atoms with Gasteiger partial charge in [0.05, 0.1) is 6.26 Å². The minimum Gasteiger partial charge on any atom is -0.399 e. The molecule has 0 saturated heterocycles. The maximum atomic E-state index is 13.4. The second kappa shape index (κ2) is 5.82. The lowest BCUT2D eigenvalue weighted by molar-refractivity contribution is 0.555. The summed E-state index contributed by atoms with van der Waals surface area (Å²) in [5.74, 6) is -0.969. The lowest BCUT2D eigenvalue weighted by Crippen LogP contribution is -2.34. The lowest BCUT2D eigenvalue weighted by Gasteiger charge is -2.08. The summed E-state index contributed by atoms with van der Waals surface area (Å²) >= 11 is 0. The molecule has 0 heterocycles. The van der Waals surface area contributed by atoms with E-state index in [1.54, 1.807) is 0 Å². The van der Waals surface area contributed by atoms with Gasteiger partial charge in [-0.25, -0.2) is 30.7 Å². The highest BCUT2D eigenvalue weighted by molar-refractivity contribution is 7.89. The van der Waals surface area contributed by atoms with Crippen LogP contribution in [0.4, 0.5) is 10.1 Å². The molecule has 0 aliphatic heterocycles. The predicted molar refractivity (Wildman–Crippen MR) is 68.8 cm³/mol. The zero-order valence-electron chi connectivity index (χ0n) is 10.1. The quantitative estimate of drug-likeness (QED) is 0.471. The van der Waals surface area contributed by atoms with Crippen LogP contribution in [0, 0.1) is 5.82 Å². The molecule has 19 heavy (non-hydrogen) atoms. The van der Waals surface area contributed by atoms with Gasteiger partial charge in [-0.15, -0.1) is 0 Å². The van der Waals surface area contributed by atoms with E-state index in [0.717, 1.165) is 18.4 Å². The zero-order valence-corrected chi connectivity index (χ0v) is 11.7. The van der Waals surface area contributed by atoms with Crippen LogP contribution < -0.4 is 15.2 Å². The fourth-order valence-electron chi connectivity index (χ4n) is 1.23. The van der Waals surface area contributed by atoms with E-state index in [2.05, 4.69) is 9.44 Å². The first kappa shape index (κ1) is 15.8. The monoisotopic (exact) mass is 311 g/mol. The van der Waals surface area contributed by atoms with Gasteiger partial charge >= 0.3 is 0 Å². The third-order valence-corrected chi connectivity index (χ3v) is 4.25. The molecule has 0 radical (unpaired) electrons. The molecular formula is C9H14FN3O4S2. The first-order chi connectivity index (χ1) is 8.62. The number of nitrogens with two attached hydrogens (primary N) is 1. The van der Waals surface area contributed by atoms with Gasteiger partial charge in [0.1, 0.15) is 10.7 Å². The van der Waals surface area contributed by atoms with Crippen LogP contribution in [0.3, 0.4) is 0 Å². The molecule has 10 heteroatoms. The van der Waals surface area contributed by atoms with Gasteiger partial charge in [0.2, 0.25) is 20.0 Å². The van der Waals surface area contributed by atoms with Gasteiger partial charge in [-0.3, -0.25) is 0 Å². The molecule has 0 fully saturated rings. The van der Waals surface area contributed by atoms with E-state index in [1.807, 2.05) is 0 Å². The van der Waals surface area contributed by atoms with Crippen molar-refractivity contribution in [1.29, 1.82) is 0 Å². The third-order valence-electron chi connectivity index (χ3n) is 2.03. The lowest BCUT2D eigenvalue weighted by atomic mass is 10.3. The summed E-state index contributed by atoms with van der Waals surface area (Å²) in [6.45, 7) is -0.326. The third kappa shape index (κ3) is 5.11. The van der Waals surface area contributed by atoms with Crippen LogP contribution in [0.25, 0.3) is 0 Å². The molecule has 1 aromatic carbocycles. The van der Waals surface area contributed by atoms with Crippen LogP contribution in [-0.2, 0) is 20.0 Å². The molecule has 0 aliphatic rings. The number of nitrogens with one attached hydrogen (secondary N) is 2. The number of hydrogen-bond donors (Lipinski definition) is 3. The summed E-state index contributed by atoms with van der Waals surface area (Å²) in [4.78, 5) is -0.541. The second-order valence-electron chi connectivity index (χ2n) is 3.75. The Morgan fingerprint density at radius 1 is 1.16 bits per heavy atom. The van der Waals surface area contributed by atoms with Crippen LogP contribution >= 0.6 is 0 Å². The molecule has 4 N–H and O–H groups in total. The SMILES string of the molecule is CS(=O)(=O)NCCNS(=O)(=O)c1ccc(N)cc1F. The Balaban J connectivity index is 2.71. The Kier molecular flexibility index (Phi) is 4.85. The summed E-state index contributed by atoms with van der Waals surface area (Å²) in [5.41, 5.74) is 5.42. The number of hydrogen-bond acceptors (Lipinski definition) is 5. The standard InChI is InChI=1S/C9H14FN3O4S2/c1-18(14,15)12-4-5-13-19(16,17)9-3-2-7(11)6-8(9)10/h2-3,6,12-13H,4-5,11H2,1H3. The van der Waals surface area contributed by atoms with Crippen molar-refractivity contribution in [3.8, 4) is 0 Å². The number of sulfonamides is 2. The summed E-state index contributed by atoms with van der Waals surface area (Å²) in [6, 6.07) is 3.19. The van der Waals surface area contributed by atoms with E-state index in [4.69, 9.17) is 5.73 Å². The highest BCUT2D eigenvalue weighted by Crippen LogP contribution is 2.16. The van der Waals surface area contributed by atoms with Gasteiger partial charge in [-0.1, -0.05) is 0 Å². The van der Waals surface area contributed by atoms with E-state index in [1.165, 1.54) is 6.07 Å². The Hall–Kier alpha value is -1.23. The number of benzene rings is 1. The van der Waals surface area contributed by atoms with Crippen molar-refractivity contribution in [2.75, 3.05) is 25.1 Å². The predicted octanol–water partition coefficient (Wildman–Crippen LogP) is -0.765. The average Bonchev–Trinajstić information content (AvgIpc) is 2.22. The van der Waals surface area contributed by atoms with Crippen molar-refractivity contribution >= 4 is 25.7 Å². The Morgan fingerprint density at radius 3 is 2.26 bits per heavy atom. The van der Waals surface area contributed by atoms with Gasteiger partial charge in [-0.2, -0.15) is 0 Å². The largest absolute Gasteiger partial charge is 0.399 e. The van der Waals surface area contributed by atoms with Crippen molar-refractivity contribution in [3.05, 3.63) is 24.0 Å². The average molecular weight is 311 g/mol. The van der Waals surface area contributed by atoms with E-state index >= 15 is 0 Å². The minimum absolute atomic E-state index is 0.107. The van der Waals surface area contributed by atoms with Crippen LogP contribution in [0.15, 0.2) is 23.1 Å². The number of anilines is 1. The van der Waals surface area contributed by atoms with Crippen molar-refractivity contribution in [2.45, 2.75) is 4.90 Å². The van der Waals surface area contributed by atoms with Crippen molar-refractivity contribution in [2.24, 2.45) is 0 Å². The first-order valence-corrected chi connectivity index (χ1v) is 8.48. The Morgan fingerprint density at radius 2 is 1.74 bits per heavy atom. The fourth-order valence-corrected chi connectivity index (χ4v) is 2.80. The molecule has 0 spiro atoms. The molecule has 0 saturated carbocycles. The molecule has 0 atom stereocenters. The smallest absolute Gasteiger partial charge is 0.243 e. The van der Waals surface area contributed by atoms with E-state index in [0.29, 0.717) is 0 Å².